The van der Waals surface area contributed by atoms with Crippen LogP contribution in [0.1, 0.15) is 53.9 Å². The number of morpholine rings is 1. The zero-order valence-corrected chi connectivity index (χ0v) is 18.7. The number of thiophene rings is 1. The maximum Gasteiger partial charge on any atom is 0.191 e. The molecular formula is C21H33N5O2S. The van der Waals surface area contributed by atoms with Crippen molar-refractivity contribution in [3.63, 3.8) is 0 Å². The van der Waals surface area contributed by atoms with Gasteiger partial charge < -0.3 is 19.9 Å². The fourth-order valence-electron chi connectivity index (χ4n) is 3.30. The van der Waals surface area contributed by atoms with Crippen LogP contribution in [0.5, 0.6) is 0 Å². The SMILES string of the molecule is CCNC(=NCc1cc(C(C)C)no1)NCC(c1ccc(C)s1)N1CCOCC1. The maximum absolute atomic E-state index is 5.55. The quantitative estimate of drug-likeness (QED) is 0.505. The second-order valence-electron chi connectivity index (χ2n) is 7.56. The van der Waals surface area contributed by atoms with E-state index in [0.717, 1.165) is 56.8 Å². The van der Waals surface area contributed by atoms with Crippen LogP contribution in [0.3, 0.4) is 0 Å². The van der Waals surface area contributed by atoms with Crippen LogP contribution < -0.4 is 10.6 Å². The molecule has 0 aliphatic carbocycles. The summed E-state index contributed by atoms with van der Waals surface area (Å²) in [7, 11) is 0. The van der Waals surface area contributed by atoms with Crippen LogP contribution in [0.4, 0.5) is 0 Å². The summed E-state index contributed by atoms with van der Waals surface area (Å²) >= 11 is 1.86. The van der Waals surface area contributed by atoms with Gasteiger partial charge in [-0.2, -0.15) is 0 Å². The molecule has 2 aromatic rings. The standard InChI is InChI=1S/C21H33N5O2S/c1-5-22-21(23-13-17-12-18(15(2)3)25-28-17)24-14-19(20-7-6-16(4)29-20)26-8-10-27-11-9-26/h6-7,12,15,19H,5,8-11,13-14H2,1-4H3,(H2,22,23,24). The number of aryl methyl sites for hydroxylation is 1. The van der Waals surface area contributed by atoms with E-state index in [2.05, 4.69) is 60.5 Å². The molecule has 29 heavy (non-hydrogen) atoms. The van der Waals surface area contributed by atoms with E-state index < -0.39 is 0 Å². The highest BCUT2D eigenvalue weighted by Gasteiger charge is 2.24. The summed E-state index contributed by atoms with van der Waals surface area (Å²) < 4.78 is 11.0. The highest BCUT2D eigenvalue weighted by atomic mass is 32.1. The number of aliphatic imine (C=N–C) groups is 1. The van der Waals surface area contributed by atoms with Gasteiger partial charge in [0, 0.05) is 42.0 Å². The van der Waals surface area contributed by atoms with Crippen LogP contribution in [-0.4, -0.2) is 55.4 Å². The van der Waals surface area contributed by atoms with Crippen molar-refractivity contribution in [2.75, 3.05) is 39.4 Å². The molecule has 2 N–H and O–H groups in total. The first kappa shape index (κ1) is 21.8. The molecule has 0 saturated carbocycles. The third-order valence-corrected chi connectivity index (χ3v) is 6.05. The van der Waals surface area contributed by atoms with Crippen LogP contribution >= 0.6 is 11.3 Å². The Morgan fingerprint density at radius 3 is 2.69 bits per heavy atom. The van der Waals surface area contributed by atoms with Crippen molar-refractivity contribution in [3.05, 3.63) is 39.4 Å². The van der Waals surface area contributed by atoms with E-state index in [9.17, 15) is 0 Å². The largest absolute Gasteiger partial charge is 0.379 e. The van der Waals surface area contributed by atoms with Gasteiger partial charge in [0.05, 0.1) is 24.9 Å². The molecule has 1 fully saturated rings. The Morgan fingerprint density at radius 1 is 1.28 bits per heavy atom. The Kier molecular flexibility index (Phi) is 8.09. The second kappa shape index (κ2) is 10.8. The van der Waals surface area contributed by atoms with E-state index in [4.69, 9.17) is 14.3 Å². The van der Waals surface area contributed by atoms with Gasteiger partial charge in [-0.05, 0) is 31.9 Å². The third-order valence-electron chi connectivity index (χ3n) is 4.94. The molecule has 1 saturated heterocycles. The average Bonchev–Trinajstić information content (AvgIpc) is 3.36. The minimum Gasteiger partial charge on any atom is -0.379 e. The molecule has 160 valence electrons. The number of nitrogens with zero attached hydrogens (tertiary/aromatic N) is 3. The van der Waals surface area contributed by atoms with Crippen molar-refractivity contribution in [1.29, 1.82) is 0 Å². The van der Waals surface area contributed by atoms with Gasteiger partial charge >= 0.3 is 0 Å². The lowest BCUT2D eigenvalue weighted by atomic mass is 10.1. The smallest absolute Gasteiger partial charge is 0.191 e. The molecule has 7 nitrogen and oxygen atoms in total. The van der Waals surface area contributed by atoms with Crippen LogP contribution in [0, 0.1) is 6.92 Å². The molecule has 1 aliphatic heterocycles. The summed E-state index contributed by atoms with van der Waals surface area (Å²) in [6.45, 7) is 14.0. The predicted octanol–water partition coefficient (Wildman–Crippen LogP) is 3.30. The van der Waals surface area contributed by atoms with E-state index in [1.54, 1.807) is 0 Å². The lowest BCUT2D eigenvalue weighted by molar-refractivity contribution is 0.0177. The monoisotopic (exact) mass is 419 g/mol. The number of ether oxygens (including phenoxy) is 1. The fourth-order valence-corrected chi connectivity index (χ4v) is 4.31. The zero-order chi connectivity index (χ0) is 20.6. The Bertz CT molecular complexity index is 780. The number of hydrogen-bond donors (Lipinski definition) is 2. The normalized spacial score (nSPS) is 16.9. The first-order valence-electron chi connectivity index (χ1n) is 10.4. The molecule has 8 heteroatoms. The molecule has 0 amide bonds. The highest BCUT2D eigenvalue weighted by Crippen LogP contribution is 2.27. The Balaban J connectivity index is 1.66. The third kappa shape index (κ3) is 6.29. The van der Waals surface area contributed by atoms with Crippen LogP contribution in [0.2, 0.25) is 0 Å². The van der Waals surface area contributed by atoms with Gasteiger partial charge in [0.15, 0.2) is 11.7 Å². The molecule has 0 radical (unpaired) electrons. The summed E-state index contributed by atoms with van der Waals surface area (Å²) in [6.07, 6.45) is 0. The summed E-state index contributed by atoms with van der Waals surface area (Å²) in [6, 6.07) is 6.73. The summed E-state index contributed by atoms with van der Waals surface area (Å²) in [5.41, 5.74) is 0.966. The van der Waals surface area contributed by atoms with E-state index >= 15 is 0 Å². The number of aromatic nitrogens is 1. The molecule has 1 atom stereocenters. The Labute approximate surface area is 177 Å². The minimum absolute atomic E-state index is 0.305. The molecule has 0 bridgehead atoms. The Morgan fingerprint density at radius 2 is 2.07 bits per heavy atom. The number of nitrogens with one attached hydrogen (secondary N) is 2. The predicted molar refractivity (Wildman–Crippen MR) is 118 cm³/mol. The average molecular weight is 420 g/mol. The molecule has 3 heterocycles. The van der Waals surface area contributed by atoms with Crippen molar-refractivity contribution in [1.82, 2.24) is 20.7 Å². The van der Waals surface area contributed by atoms with Gasteiger partial charge in [-0.25, -0.2) is 4.99 Å². The first-order chi connectivity index (χ1) is 14.1. The molecule has 2 aromatic heterocycles. The van der Waals surface area contributed by atoms with Crippen LogP contribution in [0.15, 0.2) is 27.7 Å². The van der Waals surface area contributed by atoms with E-state index in [1.165, 1.54) is 9.75 Å². The summed E-state index contributed by atoms with van der Waals surface area (Å²) in [5.74, 6) is 1.93. The molecule has 0 spiro atoms. The zero-order valence-electron chi connectivity index (χ0n) is 17.9. The van der Waals surface area contributed by atoms with E-state index in [0.29, 0.717) is 18.5 Å². The van der Waals surface area contributed by atoms with Crippen molar-refractivity contribution in [2.24, 2.45) is 4.99 Å². The number of rotatable bonds is 8. The van der Waals surface area contributed by atoms with Crippen molar-refractivity contribution in [3.8, 4) is 0 Å². The summed E-state index contributed by atoms with van der Waals surface area (Å²) in [4.78, 5) is 9.91. The van der Waals surface area contributed by atoms with E-state index in [1.807, 2.05) is 17.4 Å². The molecule has 1 unspecified atom stereocenters. The second-order valence-corrected chi connectivity index (χ2v) is 8.88. The molecule has 0 aromatic carbocycles. The maximum atomic E-state index is 5.55. The first-order valence-corrected chi connectivity index (χ1v) is 11.2. The molecule has 3 rings (SSSR count). The fraction of sp³-hybridized carbons (Fsp3) is 0.619. The number of guanidine groups is 1. The van der Waals surface area contributed by atoms with Gasteiger partial charge in [0.1, 0.15) is 6.54 Å². The van der Waals surface area contributed by atoms with Gasteiger partial charge in [0.2, 0.25) is 0 Å². The Hall–Kier alpha value is -1.90. The van der Waals surface area contributed by atoms with E-state index in [-0.39, 0.29) is 0 Å². The number of hydrogen-bond acceptors (Lipinski definition) is 6. The van der Waals surface area contributed by atoms with Crippen LogP contribution in [0.25, 0.3) is 0 Å². The van der Waals surface area contributed by atoms with Gasteiger partial charge in [-0.15, -0.1) is 11.3 Å². The minimum atomic E-state index is 0.305. The van der Waals surface area contributed by atoms with Gasteiger partial charge in [-0.1, -0.05) is 19.0 Å². The lowest BCUT2D eigenvalue weighted by Gasteiger charge is -2.34. The van der Waals surface area contributed by atoms with Crippen molar-refractivity contribution in [2.45, 2.75) is 46.2 Å². The van der Waals surface area contributed by atoms with Gasteiger partial charge in [0.25, 0.3) is 0 Å². The van der Waals surface area contributed by atoms with Crippen LogP contribution in [-0.2, 0) is 11.3 Å². The summed E-state index contributed by atoms with van der Waals surface area (Å²) in [5, 5.41) is 11.0. The molecule has 1 aliphatic rings. The van der Waals surface area contributed by atoms with Gasteiger partial charge in [-0.3, -0.25) is 4.90 Å². The lowest BCUT2D eigenvalue weighted by Crippen LogP contribution is -2.46. The van der Waals surface area contributed by atoms with Crippen molar-refractivity contribution < 1.29 is 9.26 Å². The van der Waals surface area contributed by atoms with Crippen molar-refractivity contribution >= 4 is 17.3 Å². The topological polar surface area (TPSA) is 74.9 Å². The highest BCUT2D eigenvalue weighted by molar-refractivity contribution is 7.12. The molecular weight excluding hydrogens is 386 g/mol.